The summed E-state index contributed by atoms with van der Waals surface area (Å²) < 4.78 is 5.44. The zero-order valence-corrected chi connectivity index (χ0v) is 10.1. The van der Waals surface area contributed by atoms with E-state index in [1.807, 2.05) is 0 Å². The lowest BCUT2D eigenvalue weighted by Crippen LogP contribution is -2.41. The molecule has 1 saturated heterocycles. The zero-order chi connectivity index (χ0) is 10.6. The summed E-state index contributed by atoms with van der Waals surface area (Å²) in [7, 11) is 1.80. The molecule has 0 aromatic rings. The van der Waals surface area contributed by atoms with E-state index < -0.39 is 0 Å². The minimum Gasteiger partial charge on any atom is -0.379 e. The van der Waals surface area contributed by atoms with Gasteiger partial charge in [0.25, 0.3) is 0 Å². The minimum atomic E-state index is 0.0405. The van der Waals surface area contributed by atoms with E-state index in [1.165, 1.54) is 25.8 Å². The highest BCUT2D eigenvalue weighted by Gasteiger charge is 2.24. The molecule has 14 heavy (non-hydrogen) atoms. The van der Waals surface area contributed by atoms with Gasteiger partial charge in [0.05, 0.1) is 5.60 Å². The first-order valence-corrected chi connectivity index (χ1v) is 5.84. The Morgan fingerprint density at radius 3 is 2.71 bits per heavy atom. The number of ether oxygens (including phenoxy) is 1. The van der Waals surface area contributed by atoms with Crippen LogP contribution in [0.4, 0.5) is 0 Å². The van der Waals surface area contributed by atoms with Gasteiger partial charge in [-0.15, -0.1) is 0 Å². The molecule has 1 N–H and O–H groups in total. The number of hydrogen-bond acceptors (Lipinski definition) is 2. The van der Waals surface area contributed by atoms with E-state index in [4.69, 9.17) is 4.74 Å². The summed E-state index contributed by atoms with van der Waals surface area (Å²) >= 11 is 0. The smallest absolute Gasteiger partial charge is 0.0623 e. The third-order valence-corrected chi connectivity index (χ3v) is 3.54. The predicted octanol–water partition coefficient (Wildman–Crippen LogP) is 2.58. The summed E-state index contributed by atoms with van der Waals surface area (Å²) in [6, 6.07) is 0.707. The molecule has 0 aliphatic carbocycles. The standard InChI is InChI=1S/C12H25NO/c1-10-6-5-9-13-11(10)7-8-12(2,3)14-4/h10-11,13H,5-9H2,1-4H3. The van der Waals surface area contributed by atoms with Gasteiger partial charge in [-0.2, -0.15) is 0 Å². The molecule has 0 spiro atoms. The Labute approximate surface area is 88.4 Å². The molecule has 2 atom stereocenters. The molecular formula is C12H25NO. The van der Waals surface area contributed by atoms with Gasteiger partial charge in [-0.1, -0.05) is 6.92 Å². The van der Waals surface area contributed by atoms with Gasteiger partial charge >= 0.3 is 0 Å². The topological polar surface area (TPSA) is 21.3 Å². The quantitative estimate of drug-likeness (QED) is 0.751. The SMILES string of the molecule is COC(C)(C)CCC1NCCCC1C. The molecule has 1 heterocycles. The van der Waals surface area contributed by atoms with E-state index >= 15 is 0 Å². The third kappa shape index (κ3) is 3.58. The van der Waals surface area contributed by atoms with Crippen LogP contribution in [-0.4, -0.2) is 25.3 Å². The molecule has 0 amide bonds. The van der Waals surface area contributed by atoms with E-state index in [0.717, 1.165) is 12.3 Å². The minimum absolute atomic E-state index is 0.0405. The summed E-state index contributed by atoms with van der Waals surface area (Å²) in [5, 5.41) is 3.61. The highest BCUT2D eigenvalue weighted by atomic mass is 16.5. The number of piperidine rings is 1. The van der Waals surface area contributed by atoms with E-state index in [-0.39, 0.29) is 5.60 Å². The normalized spacial score (nSPS) is 29.1. The van der Waals surface area contributed by atoms with Crippen LogP contribution in [0, 0.1) is 5.92 Å². The summed E-state index contributed by atoms with van der Waals surface area (Å²) in [5.41, 5.74) is 0.0405. The van der Waals surface area contributed by atoms with Crippen LogP contribution in [0.25, 0.3) is 0 Å². The largest absolute Gasteiger partial charge is 0.379 e. The molecule has 0 saturated carbocycles. The van der Waals surface area contributed by atoms with Crippen LogP contribution < -0.4 is 5.32 Å². The van der Waals surface area contributed by atoms with Crippen molar-refractivity contribution >= 4 is 0 Å². The van der Waals surface area contributed by atoms with Crippen LogP contribution in [0.1, 0.15) is 46.5 Å². The van der Waals surface area contributed by atoms with Gasteiger partial charge in [0.1, 0.15) is 0 Å². The fourth-order valence-corrected chi connectivity index (χ4v) is 2.11. The number of hydrogen-bond donors (Lipinski definition) is 1. The van der Waals surface area contributed by atoms with Crippen molar-refractivity contribution in [2.45, 2.75) is 58.1 Å². The molecule has 1 rings (SSSR count). The first-order valence-electron chi connectivity index (χ1n) is 5.84. The van der Waals surface area contributed by atoms with Gasteiger partial charge in [0.15, 0.2) is 0 Å². The molecule has 1 aliphatic heterocycles. The lowest BCUT2D eigenvalue weighted by molar-refractivity contribution is 0.00962. The Morgan fingerprint density at radius 1 is 1.43 bits per heavy atom. The molecule has 0 radical (unpaired) electrons. The lowest BCUT2D eigenvalue weighted by atomic mass is 9.87. The third-order valence-electron chi connectivity index (χ3n) is 3.54. The summed E-state index contributed by atoms with van der Waals surface area (Å²) in [6.07, 6.45) is 5.10. The van der Waals surface area contributed by atoms with Crippen molar-refractivity contribution in [3.05, 3.63) is 0 Å². The van der Waals surface area contributed by atoms with Gasteiger partial charge in [-0.05, 0) is 52.0 Å². The molecule has 0 aromatic carbocycles. The molecule has 84 valence electrons. The maximum Gasteiger partial charge on any atom is 0.0623 e. The number of rotatable bonds is 4. The van der Waals surface area contributed by atoms with Crippen LogP contribution in [0.5, 0.6) is 0 Å². The monoisotopic (exact) mass is 199 g/mol. The van der Waals surface area contributed by atoms with Gasteiger partial charge in [-0.25, -0.2) is 0 Å². The van der Waals surface area contributed by atoms with Crippen LogP contribution in [0.3, 0.4) is 0 Å². The van der Waals surface area contributed by atoms with Crippen molar-refractivity contribution in [1.82, 2.24) is 5.32 Å². The van der Waals surface area contributed by atoms with Crippen molar-refractivity contribution in [2.24, 2.45) is 5.92 Å². The number of methoxy groups -OCH3 is 1. The molecule has 2 heteroatoms. The fraction of sp³-hybridized carbons (Fsp3) is 1.00. The van der Waals surface area contributed by atoms with Crippen LogP contribution in [0.15, 0.2) is 0 Å². The lowest BCUT2D eigenvalue weighted by Gasteiger charge is -2.33. The maximum absolute atomic E-state index is 5.44. The van der Waals surface area contributed by atoms with Gasteiger partial charge < -0.3 is 10.1 Å². The van der Waals surface area contributed by atoms with Crippen LogP contribution >= 0.6 is 0 Å². The van der Waals surface area contributed by atoms with E-state index in [9.17, 15) is 0 Å². The van der Waals surface area contributed by atoms with E-state index in [0.29, 0.717) is 6.04 Å². The highest BCUT2D eigenvalue weighted by molar-refractivity contribution is 4.81. The molecular weight excluding hydrogens is 174 g/mol. The summed E-state index contributed by atoms with van der Waals surface area (Å²) in [6.45, 7) is 7.89. The van der Waals surface area contributed by atoms with E-state index in [2.05, 4.69) is 26.1 Å². The fourth-order valence-electron chi connectivity index (χ4n) is 2.11. The second-order valence-electron chi connectivity index (χ2n) is 5.18. The van der Waals surface area contributed by atoms with Gasteiger partial charge in [0.2, 0.25) is 0 Å². The van der Waals surface area contributed by atoms with Gasteiger partial charge in [0, 0.05) is 13.2 Å². The molecule has 2 unspecified atom stereocenters. The molecule has 1 aliphatic rings. The Kier molecular flexibility index (Phi) is 4.39. The van der Waals surface area contributed by atoms with Crippen molar-refractivity contribution < 1.29 is 4.74 Å². The Bertz CT molecular complexity index is 168. The Hall–Kier alpha value is -0.0800. The first-order chi connectivity index (χ1) is 6.55. The van der Waals surface area contributed by atoms with Crippen molar-refractivity contribution in [1.29, 1.82) is 0 Å². The highest BCUT2D eigenvalue weighted by Crippen LogP contribution is 2.23. The first kappa shape index (κ1) is 12.0. The molecule has 0 bridgehead atoms. The number of nitrogens with one attached hydrogen (secondary N) is 1. The summed E-state index contributed by atoms with van der Waals surface area (Å²) in [5.74, 6) is 0.830. The van der Waals surface area contributed by atoms with E-state index in [1.54, 1.807) is 7.11 Å². The molecule has 2 nitrogen and oxygen atoms in total. The predicted molar refractivity (Wildman–Crippen MR) is 60.5 cm³/mol. The summed E-state index contributed by atoms with van der Waals surface area (Å²) in [4.78, 5) is 0. The Morgan fingerprint density at radius 2 is 2.14 bits per heavy atom. The Balaban J connectivity index is 2.29. The van der Waals surface area contributed by atoms with Gasteiger partial charge in [-0.3, -0.25) is 0 Å². The second-order valence-corrected chi connectivity index (χ2v) is 5.18. The zero-order valence-electron chi connectivity index (χ0n) is 10.1. The van der Waals surface area contributed by atoms with Crippen LogP contribution in [-0.2, 0) is 4.74 Å². The molecule has 0 aromatic heterocycles. The molecule has 1 fully saturated rings. The average Bonchev–Trinajstić information content (AvgIpc) is 2.17. The second kappa shape index (κ2) is 5.13. The van der Waals surface area contributed by atoms with Crippen LogP contribution in [0.2, 0.25) is 0 Å². The average molecular weight is 199 g/mol. The van der Waals surface area contributed by atoms with Crippen molar-refractivity contribution in [3.8, 4) is 0 Å². The van der Waals surface area contributed by atoms with Crippen molar-refractivity contribution in [2.75, 3.05) is 13.7 Å². The van der Waals surface area contributed by atoms with Crippen molar-refractivity contribution in [3.63, 3.8) is 0 Å². The maximum atomic E-state index is 5.44.